The van der Waals surface area contributed by atoms with Crippen molar-refractivity contribution in [2.75, 3.05) is 13.2 Å². The first-order valence-corrected chi connectivity index (χ1v) is 6.61. The van der Waals surface area contributed by atoms with Gasteiger partial charge in [0.2, 0.25) is 0 Å². The Bertz CT molecular complexity index is 398. The van der Waals surface area contributed by atoms with E-state index in [0.717, 1.165) is 12.0 Å². The summed E-state index contributed by atoms with van der Waals surface area (Å²) in [5.41, 5.74) is 0.293. The Labute approximate surface area is 114 Å². The van der Waals surface area contributed by atoms with Gasteiger partial charge in [-0.05, 0) is 32.4 Å². The molecule has 1 aromatic rings. The molecule has 2 N–H and O–H groups in total. The first-order valence-electron chi connectivity index (χ1n) is 6.61. The molecular formula is C15H23NO3. The number of carbonyl (C=O) groups is 1. The van der Waals surface area contributed by atoms with Gasteiger partial charge in [0.05, 0.1) is 5.60 Å². The minimum absolute atomic E-state index is 0.0364. The summed E-state index contributed by atoms with van der Waals surface area (Å²) in [6, 6.07) is 7.52. The Morgan fingerprint density at radius 2 is 2.00 bits per heavy atom. The van der Waals surface area contributed by atoms with Gasteiger partial charge in [-0.1, -0.05) is 31.0 Å². The summed E-state index contributed by atoms with van der Waals surface area (Å²) in [5.74, 6) is 0.443. The fraction of sp³-hybridized carbons (Fsp3) is 0.533. The summed E-state index contributed by atoms with van der Waals surface area (Å²) >= 11 is 0. The average molecular weight is 265 g/mol. The number of rotatable bonds is 7. The Morgan fingerprint density at radius 1 is 1.37 bits per heavy atom. The predicted octanol–water partition coefficient (Wildman–Crippen LogP) is 2.04. The maximum absolute atomic E-state index is 11.6. The SMILES string of the molecule is CCCC(C)(O)CNC(=O)COc1ccc(C)cc1. The second-order valence-electron chi connectivity index (χ2n) is 5.13. The van der Waals surface area contributed by atoms with Crippen molar-refractivity contribution in [3.05, 3.63) is 29.8 Å². The molecule has 0 spiro atoms. The van der Waals surface area contributed by atoms with Crippen molar-refractivity contribution < 1.29 is 14.6 Å². The summed E-state index contributed by atoms with van der Waals surface area (Å²) in [6.07, 6.45) is 1.54. The van der Waals surface area contributed by atoms with E-state index in [-0.39, 0.29) is 19.1 Å². The van der Waals surface area contributed by atoms with Gasteiger partial charge in [0.1, 0.15) is 5.75 Å². The van der Waals surface area contributed by atoms with E-state index in [9.17, 15) is 9.90 Å². The molecule has 19 heavy (non-hydrogen) atoms. The Morgan fingerprint density at radius 3 is 2.58 bits per heavy atom. The molecule has 0 saturated heterocycles. The third kappa shape index (κ3) is 6.25. The molecular weight excluding hydrogens is 242 g/mol. The van der Waals surface area contributed by atoms with Gasteiger partial charge >= 0.3 is 0 Å². The number of carbonyl (C=O) groups excluding carboxylic acids is 1. The summed E-state index contributed by atoms with van der Waals surface area (Å²) in [5, 5.41) is 12.6. The van der Waals surface area contributed by atoms with E-state index in [2.05, 4.69) is 5.32 Å². The fourth-order valence-corrected chi connectivity index (χ4v) is 1.75. The number of benzene rings is 1. The highest BCUT2D eigenvalue weighted by atomic mass is 16.5. The number of nitrogens with one attached hydrogen (secondary N) is 1. The quantitative estimate of drug-likeness (QED) is 0.793. The monoisotopic (exact) mass is 265 g/mol. The summed E-state index contributed by atoms with van der Waals surface area (Å²) in [6.45, 7) is 5.92. The molecule has 1 rings (SSSR count). The lowest BCUT2D eigenvalue weighted by Gasteiger charge is -2.22. The van der Waals surface area contributed by atoms with E-state index >= 15 is 0 Å². The highest BCUT2D eigenvalue weighted by Gasteiger charge is 2.19. The van der Waals surface area contributed by atoms with Crippen molar-refractivity contribution in [3.63, 3.8) is 0 Å². The topological polar surface area (TPSA) is 58.6 Å². The minimum atomic E-state index is -0.853. The first kappa shape index (κ1) is 15.5. The molecule has 4 nitrogen and oxygen atoms in total. The molecule has 0 heterocycles. The lowest BCUT2D eigenvalue weighted by atomic mass is 10.0. The van der Waals surface area contributed by atoms with Crippen molar-refractivity contribution in [1.29, 1.82) is 0 Å². The van der Waals surface area contributed by atoms with Crippen molar-refractivity contribution in [2.45, 2.75) is 39.2 Å². The molecule has 106 valence electrons. The third-order valence-electron chi connectivity index (χ3n) is 2.85. The number of aliphatic hydroxyl groups is 1. The van der Waals surface area contributed by atoms with E-state index in [1.807, 2.05) is 38.1 Å². The van der Waals surface area contributed by atoms with Crippen LogP contribution in [0, 0.1) is 6.92 Å². The van der Waals surface area contributed by atoms with Gasteiger partial charge in [0.25, 0.3) is 5.91 Å². The second kappa shape index (κ2) is 7.14. The van der Waals surface area contributed by atoms with Crippen molar-refractivity contribution in [3.8, 4) is 5.75 Å². The molecule has 0 aromatic heterocycles. The van der Waals surface area contributed by atoms with Crippen LogP contribution in [0.15, 0.2) is 24.3 Å². The zero-order valence-corrected chi connectivity index (χ0v) is 11.9. The van der Waals surface area contributed by atoms with Crippen LogP contribution in [0.1, 0.15) is 32.3 Å². The number of hydrogen-bond donors (Lipinski definition) is 2. The zero-order chi connectivity index (χ0) is 14.3. The molecule has 1 unspecified atom stereocenters. The smallest absolute Gasteiger partial charge is 0.258 e. The largest absolute Gasteiger partial charge is 0.484 e. The van der Waals surface area contributed by atoms with Crippen LogP contribution in [0.2, 0.25) is 0 Å². The third-order valence-corrected chi connectivity index (χ3v) is 2.85. The van der Waals surface area contributed by atoms with Gasteiger partial charge in [0, 0.05) is 6.54 Å². The van der Waals surface area contributed by atoms with Crippen molar-refractivity contribution >= 4 is 5.91 Å². The van der Waals surface area contributed by atoms with Crippen LogP contribution in [0.3, 0.4) is 0 Å². The van der Waals surface area contributed by atoms with Gasteiger partial charge < -0.3 is 15.2 Å². The normalized spacial score (nSPS) is 13.7. The molecule has 0 aliphatic carbocycles. The van der Waals surface area contributed by atoms with Crippen LogP contribution in [0.25, 0.3) is 0 Å². The summed E-state index contributed by atoms with van der Waals surface area (Å²) in [7, 11) is 0. The predicted molar refractivity (Wildman–Crippen MR) is 75.2 cm³/mol. The average Bonchev–Trinajstić information content (AvgIpc) is 2.36. The standard InChI is InChI=1S/C15H23NO3/c1-4-9-15(3,18)11-16-14(17)10-19-13-7-5-12(2)6-8-13/h5-8,18H,4,9-11H2,1-3H3,(H,16,17). The Kier molecular flexibility index (Phi) is 5.83. The summed E-state index contributed by atoms with van der Waals surface area (Å²) in [4.78, 5) is 11.6. The Balaban J connectivity index is 2.30. The van der Waals surface area contributed by atoms with Gasteiger partial charge in [-0.2, -0.15) is 0 Å². The van der Waals surface area contributed by atoms with E-state index in [4.69, 9.17) is 4.74 Å². The molecule has 0 aliphatic rings. The second-order valence-corrected chi connectivity index (χ2v) is 5.13. The summed E-state index contributed by atoms with van der Waals surface area (Å²) < 4.78 is 5.35. The van der Waals surface area contributed by atoms with E-state index in [1.54, 1.807) is 6.92 Å². The molecule has 4 heteroatoms. The molecule has 0 saturated carbocycles. The minimum Gasteiger partial charge on any atom is -0.484 e. The Hall–Kier alpha value is -1.55. The molecule has 1 aromatic carbocycles. The van der Waals surface area contributed by atoms with Gasteiger partial charge in [-0.25, -0.2) is 0 Å². The molecule has 0 radical (unpaired) electrons. The van der Waals surface area contributed by atoms with Crippen LogP contribution >= 0.6 is 0 Å². The number of ether oxygens (including phenoxy) is 1. The highest BCUT2D eigenvalue weighted by Crippen LogP contribution is 2.11. The van der Waals surface area contributed by atoms with E-state index in [1.165, 1.54) is 0 Å². The zero-order valence-electron chi connectivity index (χ0n) is 11.9. The maximum Gasteiger partial charge on any atom is 0.258 e. The maximum atomic E-state index is 11.6. The fourth-order valence-electron chi connectivity index (χ4n) is 1.75. The van der Waals surface area contributed by atoms with Crippen LogP contribution in [-0.2, 0) is 4.79 Å². The van der Waals surface area contributed by atoms with E-state index < -0.39 is 5.60 Å². The number of amides is 1. The van der Waals surface area contributed by atoms with Gasteiger partial charge in [-0.15, -0.1) is 0 Å². The lowest BCUT2D eigenvalue weighted by molar-refractivity contribution is -0.124. The van der Waals surface area contributed by atoms with Gasteiger partial charge in [0.15, 0.2) is 6.61 Å². The van der Waals surface area contributed by atoms with E-state index in [0.29, 0.717) is 12.2 Å². The van der Waals surface area contributed by atoms with Crippen LogP contribution in [0.5, 0.6) is 5.75 Å². The van der Waals surface area contributed by atoms with Crippen LogP contribution in [0.4, 0.5) is 0 Å². The first-order chi connectivity index (χ1) is 8.93. The molecule has 0 bridgehead atoms. The highest BCUT2D eigenvalue weighted by molar-refractivity contribution is 5.77. The molecule has 0 aliphatic heterocycles. The van der Waals surface area contributed by atoms with Crippen LogP contribution < -0.4 is 10.1 Å². The lowest BCUT2D eigenvalue weighted by Crippen LogP contribution is -2.42. The molecule has 0 fully saturated rings. The molecule has 1 atom stereocenters. The van der Waals surface area contributed by atoms with Crippen LogP contribution in [-0.4, -0.2) is 29.8 Å². The number of hydrogen-bond acceptors (Lipinski definition) is 3. The molecule has 1 amide bonds. The van der Waals surface area contributed by atoms with Crippen molar-refractivity contribution in [2.24, 2.45) is 0 Å². The van der Waals surface area contributed by atoms with Crippen molar-refractivity contribution in [1.82, 2.24) is 5.32 Å². The van der Waals surface area contributed by atoms with Gasteiger partial charge in [-0.3, -0.25) is 4.79 Å². The number of aryl methyl sites for hydroxylation is 1.